The highest BCUT2D eigenvalue weighted by molar-refractivity contribution is 8.14. The van der Waals surface area contributed by atoms with Crippen molar-refractivity contribution in [2.75, 3.05) is 19.3 Å². The number of aliphatic imine (C=N–C) groups is 3. The number of hydrogen-bond acceptors (Lipinski definition) is 5. The molecule has 1 N–H and O–H groups in total. The summed E-state index contributed by atoms with van der Waals surface area (Å²) >= 11 is 1.27. The Morgan fingerprint density at radius 3 is 2.06 bits per heavy atom. The van der Waals surface area contributed by atoms with E-state index >= 15 is 0 Å². The number of ether oxygens (including phenoxy) is 1. The first-order valence-electron chi connectivity index (χ1n) is 15.1. The number of carbonyl (C=O) groups is 2. The second-order valence-corrected chi connectivity index (χ2v) is 11.5. The normalized spacial score (nSPS) is 11.6. The molecule has 0 spiro atoms. The molecule has 0 heterocycles. The highest BCUT2D eigenvalue weighted by Crippen LogP contribution is 2.22. The number of benzene rings is 3. The summed E-state index contributed by atoms with van der Waals surface area (Å²) in [6, 6.07) is 19.8. The third-order valence-electron chi connectivity index (χ3n) is 6.24. The molecule has 11 heteroatoms. The molecule has 0 fully saturated rings. The maximum Gasteiger partial charge on any atom is 0.573 e. The van der Waals surface area contributed by atoms with Crippen LogP contribution in [0.4, 0.5) is 18.0 Å². The van der Waals surface area contributed by atoms with E-state index in [-0.39, 0.29) is 17.6 Å². The van der Waals surface area contributed by atoms with Crippen LogP contribution >= 0.6 is 11.8 Å². The molecule has 0 radical (unpaired) electrons. The molecule has 0 saturated heterocycles. The zero-order valence-electron chi connectivity index (χ0n) is 28.4. The maximum atomic E-state index is 11.7. The van der Waals surface area contributed by atoms with E-state index in [0.29, 0.717) is 29.6 Å². The lowest BCUT2D eigenvalue weighted by Gasteiger charge is -2.08. The van der Waals surface area contributed by atoms with E-state index in [0.717, 1.165) is 23.1 Å². The van der Waals surface area contributed by atoms with Crippen LogP contribution in [0.3, 0.4) is 0 Å². The highest BCUT2D eigenvalue weighted by atomic mass is 32.2. The minimum Gasteiger partial charge on any atom is -0.406 e. The van der Waals surface area contributed by atoms with Crippen molar-refractivity contribution in [2.45, 2.75) is 67.7 Å². The first-order valence-corrected chi connectivity index (χ1v) is 16.0. The number of thioether (sulfide) groups is 1. The Kier molecular flexibility index (Phi) is 18.7. The number of halogens is 3. The van der Waals surface area contributed by atoms with Gasteiger partial charge in [-0.15, -0.1) is 24.9 Å². The van der Waals surface area contributed by atoms with Gasteiger partial charge in [0.2, 0.25) is 0 Å². The Morgan fingerprint density at radius 2 is 1.55 bits per heavy atom. The third-order valence-corrected chi connectivity index (χ3v) is 7.30. The number of nitrogens with zero attached hydrogens (tertiary/aromatic N) is 3. The van der Waals surface area contributed by atoms with Gasteiger partial charge in [0, 0.05) is 25.4 Å². The Hall–Kier alpha value is -4.25. The fraction of sp³-hybridized carbons (Fsp3) is 0.361. The zero-order valence-corrected chi connectivity index (χ0v) is 29.2. The van der Waals surface area contributed by atoms with Gasteiger partial charge in [0.1, 0.15) is 11.5 Å². The number of nitrogens with one attached hydrogen (secondary N) is 1. The number of hydrogen-bond donors (Lipinski definition) is 1. The van der Waals surface area contributed by atoms with Crippen LogP contribution in [0.2, 0.25) is 0 Å². The van der Waals surface area contributed by atoms with Gasteiger partial charge in [-0.25, -0.2) is 9.79 Å². The molecule has 0 atom stereocenters. The van der Waals surface area contributed by atoms with Gasteiger partial charge in [-0.2, -0.15) is 4.99 Å². The molecule has 47 heavy (non-hydrogen) atoms. The van der Waals surface area contributed by atoms with Crippen LogP contribution in [0.25, 0.3) is 0 Å². The number of ketones is 1. The summed E-state index contributed by atoms with van der Waals surface area (Å²) < 4.78 is 38.5. The van der Waals surface area contributed by atoms with E-state index in [1.165, 1.54) is 47.5 Å². The van der Waals surface area contributed by atoms with E-state index < -0.39 is 6.36 Å². The highest BCUT2D eigenvalue weighted by Gasteiger charge is 2.30. The van der Waals surface area contributed by atoms with Crippen LogP contribution < -0.4 is 10.1 Å². The number of amides is 2. The van der Waals surface area contributed by atoms with Crippen LogP contribution in [-0.2, 0) is 17.6 Å². The van der Waals surface area contributed by atoms with Crippen LogP contribution in [0.15, 0.2) is 81.7 Å². The maximum absolute atomic E-state index is 11.7. The molecule has 0 aliphatic carbocycles. The summed E-state index contributed by atoms with van der Waals surface area (Å²) in [5.41, 5.74) is 7.19. The molecule has 7 nitrogen and oxygen atoms in total. The molecule has 0 unspecified atom stereocenters. The summed E-state index contributed by atoms with van der Waals surface area (Å²) in [5.74, 6) is 0.896. The van der Waals surface area contributed by atoms with Gasteiger partial charge in [-0.1, -0.05) is 72.6 Å². The fourth-order valence-electron chi connectivity index (χ4n) is 3.92. The molecule has 3 aromatic carbocycles. The average molecular weight is 671 g/mol. The summed E-state index contributed by atoms with van der Waals surface area (Å²) in [6.45, 7) is 13.9. The van der Waals surface area contributed by atoms with Gasteiger partial charge in [-0.3, -0.25) is 9.79 Å². The first kappa shape index (κ1) is 40.8. The lowest BCUT2D eigenvalue weighted by molar-refractivity contribution is -0.274. The van der Waals surface area contributed by atoms with Crippen molar-refractivity contribution in [1.82, 2.24) is 5.32 Å². The van der Waals surface area contributed by atoms with Crippen LogP contribution in [0, 0.1) is 20.8 Å². The fourth-order valence-corrected chi connectivity index (χ4v) is 4.48. The van der Waals surface area contributed by atoms with E-state index in [1.54, 1.807) is 39.2 Å². The van der Waals surface area contributed by atoms with E-state index in [9.17, 15) is 22.8 Å². The molecule has 0 aliphatic rings. The molecule has 254 valence electrons. The van der Waals surface area contributed by atoms with E-state index in [2.05, 4.69) is 64.0 Å². The van der Waals surface area contributed by atoms with Crippen LogP contribution in [0.5, 0.6) is 5.75 Å². The predicted octanol–water partition coefficient (Wildman–Crippen LogP) is 8.91. The summed E-state index contributed by atoms with van der Waals surface area (Å²) in [7, 11) is 1.71. The molecule has 0 saturated carbocycles. The molecule has 0 bridgehead atoms. The van der Waals surface area contributed by atoms with Crippen molar-refractivity contribution < 1.29 is 27.5 Å². The molecule has 2 amide bonds. The number of amidine groups is 1. The number of urea groups is 1. The minimum absolute atomic E-state index is 0.0595. The van der Waals surface area contributed by atoms with Gasteiger partial charge < -0.3 is 10.1 Å². The van der Waals surface area contributed by atoms with Gasteiger partial charge in [0.25, 0.3) is 0 Å². The number of Topliss-reactive ketones (excluding diaryl/α,β-unsaturated/α-hetero) is 1. The van der Waals surface area contributed by atoms with Crippen molar-refractivity contribution in [3.63, 3.8) is 0 Å². The Bertz CT molecular complexity index is 1500. The Labute approximate surface area is 280 Å². The largest absolute Gasteiger partial charge is 0.573 e. The smallest absolute Gasteiger partial charge is 0.406 e. The van der Waals surface area contributed by atoms with Crippen molar-refractivity contribution >= 4 is 40.7 Å². The van der Waals surface area contributed by atoms with Crippen molar-refractivity contribution in [3.05, 3.63) is 100 Å². The molecular weight excluding hydrogens is 625 g/mol. The first-order chi connectivity index (χ1) is 22.2. The van der Waals surface area contributed by atoms with Gasteiger partial charge in [0.05, 0.1) is 10.8 Å². The van der Waals surface area contributed by atoms with E-state index in [1.807, 2.05) is 31.2 Å². The summed E-state index contributed by atoms with van der Waals surface area (Å²) in [6.07, 6.45) is -1.04. The third kappa shape index (κ3) is 18.5. The second kappa shape index (κ2) is 21.5. The van der Waals surface area contributed by atoms with Crippen molar-refractivity contribution in [3.8, 4) is 5.75 Å². The minimum atomic E-state index is -4.60. The lowest BCUT2D eigenvalue weighted by Crippen LogP contribution is -2.23. The zero-order chi connectivity index (χ0) is 35.4. The standard InChI is InChI=1S/C18H24N4O2S.C10H14.C8H7F3O/c1-5-20-17(19-4)16-8-6-15(7-9-16)10-11-21-18(24)22-14(3)25-12-13(2)23;1-4-10-6-5-8(2)7-9(10)3;1-6-2-4-7(5-3-6)12-8(9,10)11/h5-9H,10-12H2,1-4H3,(H,21,24);5-7H,4H2,1-3H3;2-5H,1H3/b19-17?,20-5?,22-14-;;. The van der Waals surface area contributed by atoms with Gasteiger partial charge in [-0.05, 0) is 83.2 Å². The Balaban J connectivity index is 0.000000411. The van der Waals surface area contributed by atoms with Gasteiger partial charge in [0.15, 0.2) is 5.84 Å². The number of carbonyl (C=O) groups excluding carboxylic acids is 2. The molecule has 3 rings (SSSR count). The van der Waals surface area contributed by atoms with Crippen molar-refractivity contribution in [1.29, 1.82) is 0 Å². The topological polar surface area (TPSA) is 92.5 Å². The molecule has 0 aliphatic heterocycles. The summed E-state index contributed by atoms with van der Waals surface area (Å²) in [4.78, 5) is 34.9. The van der Waals surface area contributed by atoms with Gasteiger partial charge >= 0.3 is 12.4 Å². The Morgan fingerprint density at radius 1 is 0.936 bits per heavy atom. The monoisotopic (exact) mass is 670 g/mol. The van der Waals surface area contributed by atoms with Crippen LogP contribution in [0.1, 0.15) is 61.1 Å². The van der Waals surface area contributed by atoms with Crippen molar-refractivity contribution in [2.24, 2.45) is 15.0 Å². The van der Waals surface area contributed by atoms with E-state index in [4.69, 9.17) is 0 Å². The number of rotatable bonds is 8. The van der Waals surface area contributed by atoms with Crippen LogP contribution in [-0.4, -0.2) is 54.6 Å². The molecule has 3 aromatic rings. The molecule has 0 aromatic heterocycles. The summed E-state index contributed by atoms with van der Waals surface area (Å²) in [5, 5.41) is 3.33. The quantitative estimate of drug-likeness (QED) is 0.191. The molecular formula is C36H45F3N4O3S. The SMILES string of the molecule is CC=NC(=NC)c1ccc(CCNC(=O)/N=C(/C)SCC(C)=O)cc1.CCc1ccc(C)cc1C.Cc1ccc(OC(F)(F)F)cc1. The second-order valence-electron chi connectivity index (χ2n) is 10.4. The lowest BCUT2D eigenvalue weighted by atomic mass is 10.0. The number of alkyl halides is 3. The average Bonchev–Trinajstić information content (AvgIpc) is 3.00. The predicted molar refractivity (Wildman–Crippen MR) is 190 cm³/mol. The number of aryl methyl sites for hydroxylation is 4.